The van der Waals surface area contributed by atoms with E-state index in [1.807, 2.05) is 31.3 Å². The second-order valence-corrected chi connectivity index (χ2v) is 4.81. The van der Waals surface area contributed by atoms with Crippen LogP contribution >= 0.6 is 0 Å². The Labute approximate surface area is 110 Å². The second-order valence-electron chi connectivity index (χ2n) is 4.81. The molecule has 1 rings (SSSR count). The molecule has 102 valence electrons. The van der Waals surface area contributed by atoms with Crippen LogP contribution in [0.25, 0.3) is 0 Å². The third kappa shape index (κ3) is 4.96. The Balaban J connectivity index is 2.24. The first-order chi connectivity index (χ1) is 8.67. The van der Waals surface area contributed by atoms with Crippen LogP contribution in [0.5, 0.6) is 11.5 Å². The Bertz CT molecular complexity index is 322. The Morgan fingerprint density at radius 1 is 1.11 bits per heavy atom. The molecule has 0 bridgehead atoms. The number of ether oxygens (including phenoxy) is 2. The van der Waals surface area contributed by atoms with E-state index in [4.69, 9.17) is 9.47 Å². The summed E-state index contributed by atoms with van der Waals surface area (Å²) < 4.78 is 10.8. The van der Waals surface area contributed by atoms with E-state index in [1.54, 1.807) is 7.11 Å². The van der Waals surface area contributed by atoms with Crippen LogP contribution in [-0.4, -0.2) is 26.8 Å². The van der Waals surface area contributed by atoms with Gasteiger partial charge in [-0.1, -0.05) is 13.8 Å². The Kier molecular flexibility index (Phi) is 6.58. The molecule has 1 aromatic rings. The normalized spacial score (nSPS) is 12.5. The molecule has 0 spiro atoms. The second kappa shape index (κ2) is 7.98. The fourth-order valence-corrected chi connectivity index (χ4v) is 1.98. The highest BCUT2D eigenvalue weighted by molar-refractivity contribution is 5.31. The summed E-state index contributed by atoms with van der Waals surface area (Å²) in [4.78, 5) is 0. The molecule has 1 aromatic carbocycles. The summed E-state index contributed by atoms with van der Waals surface area (Å²) in [5.74, 6) is 2.43. The molecular formula is C15H25NO2. The number of hydrogen-bond donors (Lipinski definition) is 1. The predicted molar refractivity (Wildman–Crippen MR) is 75.4 cm³/mol. The zero-order valence-electron chi connectivity index (χ0n) is 11.9. The highest BCUT2D eigenvalue weighted by atomic mass is 16.5. The molecule has 1 atom stereocenters. The molecule has 0 fully saturated rings. The molecule has 1 unspecified atom stereocenters. The van der Waals surface area contributed by atoms with Crippen LogP contribution in [0.3, 0.4) is 0 Å². The highest BCUT2D eigenvalue weighted by Gasteiger charge is 2.09. The lowest BCUT2D eigenvalue weighted by atomic mass is 10.00. The quantitative estimate of drug-likeness (QED) is 0.720. The summed E-state index contributed by atoms with van der Waals surface area (Å²) >= 11 is 0. The van der Waals surface area contributed by atoms with E-state index in [0.29, 0.717) is 12.0 Å². The first-order valence-electron chi connectivity index (χ1n) is 6.61. The third-order valence-electron chi connectivity index (χ3n) is 3.16. The molecule has 3 heteroatoms. The zero-order chi connectivity index (χ0) is 13.4. The van der Waals surface area contributed by atoms with Gasteiger partial charge in [-0.15, -0.1) is 0 Å². The van der Waals surface area contributed by atoms with E-state index < -0.39 is 0 Å². The SMILES string of the molecule is CNC(CCCOc1ccc(OC)cc1)C(C)C. The van der Waals surface area contributed by atoms with Crippen LogP contribution in [0.15, 0.2) is 24.3 Å². The maximum atomic E-state index is 5.70. The van der Waals surface area contributed by atoms with E-state index in [1.165, 1.54) is 0 Å². The molecule has 0 aromatic heterocycles. The van der Waals surface area contributed by atoms with E-state index >= 15 is 0 Å². The van der Waals surface area contributed by atoms with Crippen LogP contribution in [0.2, 0.25) is 0 Å². The lowest BCUT2D eigenvalue weighted by Gasteiger charge is -2.19. The molecule has 0 aliphatic carbocycles. The molecule has 0 heterocycles. The summed E-state index contributed by atoms with van der Waals surface area (Å²) in [7, 11) is 3.69. The maximum absolute atomic E-state index is 5.70. The number of benzene rings is 1. The van der Waals surface area contributed by atoms with Crippen molar-refractivity contribution in [1.82, 2.24) is 5.32 Å². The van der Waals surface area contributed by atoms with Crippen molar-refractivity contribution < 1.29 is 9.47 Å². The molecule has 0 radical (unpaired) electrons. The average Bonchev–Trinajstić information content (AvgIpc) is 2.39. The van der Waals surface area contributed by atoms with E-state index in [9.17, 15) is 0 Å². The molecule has 1 N–H and O–H groups in total. The van der Waals surface area contributed by atoms with Gasteiger partial charge in [0.25, 0.3) is 0 Å². The molecule has 3 nitrogen and oxygen atoms in total. The van der Waals surface area contributed by atoms with Gasteiger partial charge >= 0.3 is 0 Å². The van der Waals surface area contributed by atoms with Crippen LogP contribution in [0.1, 0.15) is 26.7 Å². The van der Waals surface area contributed by atoms with Crippen molar-refractivity contribution in [1.29, 1.82) is 0 Å². The molecule has 0 amide bonds. The monoisotopic (exact) mass is 251 g/mol. The van der Waals surface area contributed by atoms with Crippen molar-refractivity contribution in [2.75, 3.05) is 20.8 Å². The molecule has 0 saturated heterocycles. The zero-order valence-corrected chi connectivity index (χ0v) is 11.9. The minimum atomic E-state index is 0.574. The minimum Gasteiger partial charge on any atom is -0.497 e. The van der Waals surface area contributed by atoms with Gasteiger partial charge in [-0.3, -0.25) is 0 Å². The van der Waals surface area contributed by atoms with Crippen molar-refractivity contribution in [3.8, 4) is 11.5 Å². The van der Waals surface area contributed by atoms with E-state index in [2.05, 4.69) is 19.2 Å². The van der Waals surface area contributed by atoms with Gasteiger partial charge in [0, 0.05) is 6.04 Å². The molecule has 0 saturated carbocycles. The van der Waals surface area contributed by atoms with Gasteiger partial charge in [0.1, 0.15) is 11.5 Å². The van der Waals surface area contributed by atoms with Crippen molar-refractivity contribution >= 4 is 0 Å². The van der Waals surface area contributed by atoms with Gasteiger partial charge in [0.05, 0.1) is 13.7 Å². The van der Waals surface area contributed by atoms with E-state index in [-0.39, 0.29) is 0 Å². The maximum Gasteiger partial charge on any atom is 0.119 e. The van der Waals surface area contributed by atoms with Crippen LogP contribution in [0, 0.1) is 5.92 Å². The summed E-state index contributed by atoms with van der Waals surface area (Å²) in [6, 6.07) is 8.29. The van der Waals surface area contributed by atoms with Gasteiger partial charge < -0.3 is 14.8 Å². The van der Waals surface area contributed by atoms with Crippen molar-refractivity contribution in [2.24, 2.45) is 5.92 Å². The third-order valence-corrected chi connectivity index (χ3v) is 3.16. The minimum absolute atomic E-state index is 0.574. The largest absolute Gasteiger partial charge is 0.497 e. The van der Waals surface area contributed by atoms with E-state index in [0.717, 1.165) is 30.9 Å². The van der Waals surface area contributed by atoms with Crippen LogP contribution < -0.4 is 14.8 Å². The summed E-state index contributed by atoms with van der Waals surface area (Å²) in [5, 5.41) is 3.34. The fourth-order valence-electron chi connectivity index (χ4n) is 1.98. The van der Waals surface area contributed by atoms with Crippen LogP contribution in [-0.2, 0) is 0 Å². The lowest BCUT2D eigenvalue weighted by molar-refractivity contribution is 0.285. The number of methoxy groups -OCH3 is 1. The Morgan fingerprint density at radius 2 is 1.72 bits per heavy atom. The molecule has 18 heavy (non-hydrogen) atoms. The van der Waals surface area contributed by atoms with Gasteiger partial charge in [0.15, 0.2) is 0 Å². The van der Waals surface area contributed by atoms with Gasteiger partial charge in [0.2, 0.25) is 0 Å². The van der Waals surface area contributed by atoms with Crippen molar-refractivity contribution in [3.05, 3.63) is 24.3 Å². The molecule has 0 aliphatic heterocycles. The number of nitrogens with one attached hydrogen (secondary N) is 1. The van der Waals surface area contributed by atoms with Crippen molar-refractivity contribution in [2.45, 2.75) is 32.7 Å². The van der Waals surface area contributed by atoms with Crippen molar-refractivity contribution in [3.63, 3.8) is 0 Å². The van der Waals surface area contributed by atoms with Gasteiger partial charge in [-0.05, 0) is 50.1 Å². The average molecular weight is 251 g/mol. The standard InChI is InChI=1S/C15H25NO2/c1-12(2)15(16-3)6-5-11-18-14-9-7-13(17-4)8-10-14/h7-10,12,15-16H,5-6,11H2,1-4H3. The predicted octanol–water partition coefficient (Wildman–Crippen LogP) is 3.10. The highest BCUT2D eigenvalue weighted by Crippen LogP contribution is 2.17. The smallest absolute Gasteiger partial charge is 0.119 e. The summed E-state index contributed by atoms with van der Waals surface area (Å²) in [6.07, 6.45) is 2.21. The fraction of sp³-hybridized carbons (Fsp3) is 0.600. The first kappa shape index (κ1) is 14.8. The van der Waals surface area contributed by atoms with Crippen LogP contribution in [0.4, 0.5) is 0 Å². The summed E-state index contributed by atoms with van der Waals surface area (Å²) in [5.41, 5.74) is 0. The molecular weight excluding hydrogens is 226 g/mol. The van der Waals surface area contributed by atoms with Gasteiger partial charge in [-0.25, -0.2) is 0 Å². The first-order valence-corrected chi connectivity index (χ1v) is 6.61. The molecule has 0 aliphatic rings. The number of hydrogen-bond acceptors (Lipinski definition) is 3. The topological polar surface area (TPSA) is 30.5 Å². The summed E-state index contributed by atoms with van der Waals surface area (Å²) in [6.45, 7) is 5.24. The lowest BCUT2D eigenvalue weighted by Crippen LogP contribution is -2.30. The number of rotatable bonds is 8. The Morgan fingerprint density at radius 3 is 2.22 bits per heavy atom. The van der Waals surface area contributed by atoms with Gasteiger partial charge in [-0.2, -0.15) is 0 Å². The Hall–Kier alpha value is -1.22.